The van der Waals surface area contributed by atoms with Crippen LogP contribution in [-0.4, -0.2) is 30.0 Å². The smallest absolute Gasteiger partial charge is 0.262 e. The van der Waals surface area contributed by atoms with Crippen LogP contribution in [0.25, 0.3) is 0 Å². The molecule has 29 heavy (non-hydrogen) atoms. The molecule has 2 aromatic rings. The molecule has 0 saturated heterocycles. The Morgan fingerprint density at radius 1 is 1.14 bits per heavy atom. The van der Waals surface area contributed by atoms with E-state index >= 15 is 0 Å². The molecule has 0 saturated carbocycles. The fourth-order valence-corrected chi connectivity index (χ4v) is 3.09. The van der Waals surface area contributed by atoms with E-state index < -0.39 is 6.17 Å². The van der Waals surface area contributed by atoms with Crippen molar-refractivity contribution in [2.75, 3.05) is 7.11 Å². The first kappa shape index (κ1) is 20.2. The van der Waals surface area contributed by atoms with Gasteiger partial charge in [-0.25, -0.2) is 0 Å². The average Bonchev–Trinajstić information content (AvgIpc) is 2.73. The van der Waals surface area contributed by atoms with Crippen LogP contribution in [0.4, 0.5) is 0 Å². The molecular weight excluding hydrogens is 364 g/mol. The summed E-state index contributed by atoms with van der Waals surface area (Å²) in [5.41, 5.74) is 2.56. The van der Waals surface area contributed by atoms with Gasteiger partial charge in [-0.1, -0.05) is 43.9 Å². The zero-order chi connectivity index (χ0) is 21.0. The van der Waals surface area contributed by atoms with E-state index in [1.54, 1.807) is 30.3 Å². The van der Waals surface area contributed by atoms with Crippen molar-refractivity contribution in [3.05, 3.63) is 77.0 Å². The van der Waals surface area contributed by atoms with Crippen LogP contribution < -0.4 is 10.1 Å². The van der Waals surface area contributed by atoms with Gasteiger partial charge in [0.1, 0.15) is 17.5 Å². The van der Waals surface area contributed by atoms with Crippen molar-refractivity contribution in [3.63, 3.8) is 0 Å². The van der Waals surface area contributed by atoms with Gasteiger partial charge in [0.2, 0.25) is 0 Å². The molecule has 2 aromatic carbocycles. The van der Waals surface area contributed by atoms with E-state index in [1.807, 2.05) is 57.2 Å². The van der Waals surface area contributed by atoms with Gasteiger partial charge in [0.15, 0.2) is 0 Å². The van der Waals surface area contributed by atoms with E-state index in [4.69, 9.17) is 4.74 Å². The highest BCUT2D eigenvalue weighted by Crippen LogP contribution is 2.20. The lowest BCUT2D eigenvalue weighted by molar-refractivity contribution is -0.119. The second kappa shape index (κ2) is 8.66. The second-order valence-electron chi connectivity index (χ2n) is 7.21. The highest BCUT2D eigenvalue weighted by atomic mass is 16.5. The predicted octanol–water partition coefficient (Wildman–Crippen LogP) is 3.49. The summed E-state index contributed by atoms with van der Waals surface area (Å²) in [6, 6.07) is 14.6. The summed E-state index contributed by atoms with van der Waals surface area (Å²) in [6.45, 7) is 5.85. The van der Waals surface area contributed by atoms with Crippen molar-refractivity contribution in [1.29, 1.82) is 0 Å². The number of ether oxygens (including phenoxy) is 1. The number of rotatable bonds is 3. The Bertz CT molecular complexity index is 1010. The van der Waals surface area contributed by atoms with Crippen molar-refractivity contribution in [1.82, 2.24) is 10.2 Å². The maximum absolute atomic E-state index is 13.0. The van der Waals surface area contributed by atoms with E-state index in [1.165, 1.54) is 0 Å². The normalized spacial score (nSPS) is 15.9. The first-order valence-electron chi connectivity index (χ1n) is 9.47. The number of methoxy groups -OCH3 is 1. The number of nitrogens with one attached hydrogen (secondary N) is 1. The maximum atomic E-state index is 13.0. The van der Waals surface area contributed by atoms with Crippen molar-refractivity contribution in [2.45, 2.75) is 26.9 Å². The van der Waals surface area contributed by atoms with E-state index in [0.29, 0.717) is 5.56 Å². The van der Waals surface area contributed by atoms with E-state index in [2.05, 4.69) is 17.2 Å². The molecule has 0 radical (unpaired) electrons. The lowest BCUT2D eigenvalue weighted by Crippen LogP contribution is -2.54. The Morgan fingerprint density at radius 2 is 1.86 bits per heavy atom. The first-order valence-corrected chi connectivity index (χ1v) is 9.47. The molecule has 1 aliphatic heterocycles. The molecule has 0 fully saturated rings. The number of carbonyl (C=O) groups is 2. The Labute approximate surface area is 171 Å². The van der Waals surface area contributed by atoms with Crippen LogP contribution in [0.3, 0.4) is 0 Å². The van der Waals surface area contributed by atoms with Gasteiger partial charge in [-0.05, 0) is 48.7 Å². The van der Waals surface area contributed by atoms with Gasteiger partial charge in [0, 0.05) is 17.3 Å². The van der Waals surface area contributed by atoms with Gasteiger partial charge in [-0.3, -0.25) is 14.5 Å². The molecule has 2 amide bonds. The van der Waals surface area contributed by atoms with E-state index in [9.17, 15) is 9.59 Å². The second-order valence-corrected chi connectivity index (χ2v) is 7.21. The topological polar surface area (TPSA) is 58.6 Å². The van der Waals surface area contributed by atoms with Crippen LogP contribution in [0.5, 0.6) is 5.75 Å². The molecule has 0 aliphatic carbocycles. The van der Waals surface area contributed by atoms with Gasteiger partial charge in [0.05, 0.1) is 7.11 Å². The molecule has 3 rings (SSSR count). The third-order valence-corrected chi connectivity index (χ3v) is 4.74. The summed E-state index contributed by atoms with van der Waals surface area (Å²) in [5, 5.41) is 2.91. The van der Waals surface area contributed by atoms with Gasteiger partial charge >= 0.3 is 0 Å². The Hall–Kier alpha value is -3.52. The van der Waals surface area contributed by atoms with Crippen molar-refractivity contribution < 1.29 is 14.3 Å². The first-order chi connectivity index (χ1) is 13.9. The standard InChI is InChI=1S/C24H24N2O3/c1-16(2)22-25-23(27)20(11-10-18-12-13-21(29-4)14-17(18)3)15-26(22)24(28)19-8-6-5-7-9-19/h5-9,12-16,22H,1-4H3,(H,25,27)/t22-/m0/s1. The van der Waals surface area contributed by atoms with Crippen LogP contribution in [0.15, 0.2) is 60.3 Å². The molecule has 1 atom stereocenters. The van der Waals surface area contributed by atoms with Gasteiger partial charge in [-0.2, -0.15) is 0 Å². The van der Waals surface area contributed by atoms with Gasteiger partial charge in [-0.15, -0.1) is 0 Å². The Morgan fingerprint density at radius 3 is 2.48 bits per heavy atom. The molecule has 5 heteroatoms. The zero-order valence-electron chi connectivity index (χ0n) is 17.0. The minimum absolute atomic E-state index is 0.0428. The minimum Gasteiger partial charge on any atom is -0.497 e. The summed E-state index contributed by atoms with van der Waals surface area (Å²) in [5.74, 6) is 6.30. The predicted molar refractivity (Wildman–Crippen MR) is 112 cm³/mol. The summed E-state index contributed by atoms with van der Waals surface area (Å²) in [4.78, 5) is 27.2. The van der Waals surface area contributed by atoms with Gasteiger partial charge in [0.25, 0.3) is 11.8 Å². The number of nitrogens with zero attached hydrogens (tertiary/aromatic N) is 1. The molecular formula is C24H24N2O3. The Balaban J connectivity index is 1.96. The average molecular weight is 388 g/mol. The molecule has 5 nitrogen and oxygen atoms in total. The van der Waals surface area contributed by atoms with Crippen molar-refractivity contribution >= 4 is 11.8 Å². The quantitative estimate of drug-likeness (QED) is 0.819. The summed E-state index contributed by atoms with van der Waals surface area (Å²) < 4.78 is 5.21. The fourth-order valence-electron chi connectivity index (χ4n) is 3.09. The van der Waals surface area contributed by atoms with Crippen LogP contribution in [0, 0.1) is 24.7 Å². The van der Waals surface area contributed by atoms with Crippen molar-refractivity contribution in [3.8, 4) is 17.6 Å². The van der Waals surface area contributed by atoms with Crippen LogP contribution in [-0.2, 0) is 4.79 Å². The van der Waals surface area contributed by atoms with Crippen LogP contribution >= 0.6 is 0 Å². The molecule has 1 aliphatic rings. The number of benzene rings is 2. The van der Waals surface area contributed by atoms with E-state index in [-0.39, 0.29) is 23.3 Å². The number of hydrogen-bond donors (Lipinski definition) is 1. The zero-order valence-corrected chi connectivity index (χ0v) is 17.0. The molecule has 148 valence electrons. The summed E-state index contributed by atoms with van der Waals surface area (Å²) >= 11 is 0. The number of amides is 2. The molecule has 0 bridgehead atoms. The fraction of sp³-hybridized carbons (Fsp3) is 0.250. The minimum atomic E-state index is -0.427. The summed E-state index contributed by atoms with van der Waals surface area (Å²) in [6.07, 6.45) is 1.13. The monoisotopic (exact) mass is 388 g/mol. The summed E-state index contributed by atoms with van der Waals surface area (Å²) in [7, 11) is 1.61. The molecule has 1 heterocycles. The molecule has 0 unspecified atom stereocenters. The molecule has 1 N–H and O–H groups in total. The van der Waals surface area contributed by atoms with Gasteiger partial charge < -0.3 is 10.1 Å². The third-order valence-electron chi connectivity index (χ3n) is 4.74. The van der Waals surface area contributed by atoms with Crippen LogP contribution in [0.1, 0.15) is 35.3 Å². The number of carbonyl (C=O) groups excluding carboxylic acids is 2. The number of aryl methyl sites for hydroxylation is 1. The SMILES string of the molecule is COc1ccc(C#CC2=CN(C(=O)c3ccccc3)[C@@H](C(C)C)NC2=O)c(C)c1. The lowest BCUT2D eigenvalue weighted by atomic mass is 10.0. The lowest BCUT2D eigenvalue weighted by Gasteiger charge is -2.35. The largest absolute Gasteiger partial charge is 0.497 e. The highest BCUT2D eigenvalue weighted by Gasteiger charge is 2.32. The van der Waals surface area contributed by atoms with E-state index in [0.717, 1.165) is 16.9 Å². The third kappa shape index (κ3) is 4.49. The Kier molecular flexibility index (Phi) is 6.04. The van der Waals surface area contributed by atoms with Crippen molar-refractivity contribution in [2.24, 2.45) is 5.92 Å². The molecule has 0 spiro atoms. The highest BCUT2D eigenvalue weighted by molar-refractivity contribution is 6.02. The maximum Gasteiger partial charge on any atom is 0.262 e. The number of hydrogen-bond acceptors (Lipinski definition) is 3. The van der Waals surface area contributed by atoms with Crippen LogP contribution in [0.2, 0.25) is 0 Å². The molecule has 0 aromatic heterocycles.